The van der Waals surface area contributed by atoms with Crippen molar-refractivity contribution in [2.24, 2.45) is 5.73 Å². The van der Waals surface area contributed by atoms with Crippen molar-refractivity contribution in [3.05, 3.63) is 98.5 Å². The predicted octanol–water partition coefficient (Wildman–Crippen LogP) is 3.23. The molecule has 0 aliphatic carbocycles. The number of fused-ring (bicyclic) bond motifs is 1. The van der Waals surface area contributed by atoms with E-state index in [0.717, 1.165) is 5.56 Å². The smallest absolute Gasteiger partial charge is 0.340 e. The SMILES string of the molecule is COC(=O)C1=C(N)Oc2cc(C)n(Cc3ccc(OC)c(OC)c3)c(=O)c2C1c1ccc(F)cc1. The third kappa shape index (κ3) is 4.32. The standard InChI is InChI=1S/C26H25FN2O6/c1-14-11-20-22(25(30)29(14)13-15-5-10-18(32-2)19(12-15)33-3)21(16-6-8-17(27)9-7-16)23(24(28)35-20)26(31)34-4/h5-12,21H,13,28H2,1-4H3. The lowest BCUT2D eigenvalue weighted by atomic mass is 9.83. The van der Waals surface area contributed by atoms with E-state index in [1.54, 1.807) is 36.8 Å². The highest BCUT2D eigenvalue weighted by molar-refractivity contribution is 5.92. The van der Waals surface area contributed by atoms with Gasteiger partial charge in [0.05, 0.1) is 39.4 Å². The molecule has 0 saturated heterocycles. The number of pyridine rings is 1. The minimum atomic E-state index is -0.906. The fourth-order valence-electron chi connectivity index (χ4n) is 4.24. The van der Waals surface area contributed by atoms with E-state index in [1.807, 2.05) is 6.07 Å². The van der Waals surface area contributed by atoms with Crippen molar-refractivity contribution in [1.82, 2.24) is 4.57 Å². The summed E-state index contributed by atoms with van der Waals surface area (Å²) >= 11 is 0. The zero-order valence-electron chi connectivity index (χ0n) is 19.8. The number of aromatic nitrogens is 1. The highest BCUT2D eigenvalue weighted by Crippen LogP contribution is 2.41. The molecule has 2 N–H and O–H groups in total. The van der Waals surface area contributed by atoms with Crippen molar-refractivity contribution in [2.45, 2.75) is 19.4 Å². The number of nitrogens with two attached hydrogens (primary N) is 1. The van der Waals surface area contributed by atoms with Crippen LogP contribution in [0.15, 0.2) is 64.8 Å². The quantitative estimate of drug-likeness (QED) is 0.541. The second-order valence-corrected chi connectivity index (χ2v) is 8.00. The third-order valence-electron chi connectivity index (χ3n) is 5.97. The number of rotatable bonds is 6. The first-order chi connectivity index (χ1) is 16.8. The van der Waals surface area contributed by atoms with E-state index in [1.165, 1.54) is 38.5 Å². The van der Waals surface area contributed by atoms with E-state index < -0.39 is 17.7 Å². The van der Waals surface area contributed by atoms with Crippen molar-refractivity contribution in [3.63, 3.8) is 0 Å². The molecule has 0 spiro atoms. The zero-order valence-corrected chi connectivity index (χ0v) is 19.8. The number of hydrogen-bond donors (Lipinski definition) is 1. The molecule has 1 unspecified atom stereocenters. The Morgan fingerprint density at radius 1 is 1.06 bits per heavy atom. The van der Waals surface area contributed by atoms with Crippen LogP contribution in [0.4, 0.5) is 4.39 Å². The molecule has 0 bridgehead atoms. The summed E-state index contributed by atoms with van der Waals surface area (Å²) in [5, 5.41) is 0. The van der Waals surface area contributed by atoms with E-state index in [9.17, 15) is 14.0 Å². The minimum Gasteiger partial charge on any atom is -0.493 e. The number of methoxy groups -OCH3 is 3. The zero-order chi connectivity index (χ0) is 25.3. The Balaban J connectivity index is 1.89. The van der Waals surface area contributed by atoms with Crippen molar-refractivity contribution in [2.75, 3.05) is 21.3 Å². The van der Waals surface area contributed by atoms with Gasteiger partial charge >= 0.3 is 5.97 Å². The molecule has 2 aromatic carbocycles. The van der Waals surface area contributed by atoms with E-state index in [0.29, 0.717) is 22.8 Å². The van der Waals surface area contributed by atoms with Gasteiger partial charge in [-0.05, 0) is 42.3 Å². The number of carbonyl (C=O) groups is 1. The number of benzene rings is 2. The van der Waals surface area contributed by atoms with Gasteiger partial charge in [0, 0.05) is 11.8 Å². The lowest BCUT2D eigenvalue weighted by molar-refractivity contribution is -0.136. The molecule has 0 radical (unpaired) electrons. The van der Waals surface area contributed by atoms with Gasteiger partial charge in [-0.25, -0.2) is 9.18 Å². The Morgan fingerprint density at radius 3 is 2.37 bits per heavy atom. The summed E-state index contributed by atoms with van der Waals surface area (Å²) in [7, 11) is 4.29. The molecule has 0 fully saturated rings. The maximum atomic E-state index is 13.9. The molecule has 35 heavy (non-hydrogen) atoms. The van der Waals surface area contributed by atoms with Crippen LogP contribution in [0.3, 0.4) is 0 Å². The first kappa shape index (κ1) is 23.9. The van der Waals surface area contributed by atoms with Crippen LogP contribution in [-0.4, -0.2) is 31.9 Å². The summed E-state index contributed by atoms with van der Waals surface area (Å²) in [6.45, 7) is 2.00. The van der Waals surface area contributed by atoms with Gasteiger partial charge < -0.3 is 29.2 Å². The highest BCUT2D eigenvalue weighted by Gasteiger charge is 2.38. The fraction of sp³-hybridized carbons (Fsp3) is 0.231. The average molecular weight is 480 g/mol. The van der Waals surface area contributed by atoms with Gasteiger partial charge in [0.15, 0.2) is 11.5 Å². The van der Waals surface area contributed by atoms with Gasteiger partial charge in [-0.15, -0.1) is 0 Å². The average Bonchev–Trinajstić information content (AvgIpc) is 2.85. The highest BCUT2D eigenvalue weighted by atomic mass is 19.1. The molecule has 1 aromatic heterocycles. The second kappa shape index (κ2) is 9.54. The van der Waals surface area contributed by atoms with Gasteiger partial charge in [-0.1, -0.05) is 18.2 Å². The van der Waals surface area contributed by atoms with Crippen LogP contribution in [0.5, 0.6) is 17.2 Å². The Morgan fingerprint density at radius 2 is 1.74 bits per heavy atom. The maximum Gasteiger partial charge on any atom is 0.340 e. The summed E-state index contributed by atoms with van der Waals surface area (Å²) in [6, 6.07) is 12.6. The number of carbonyl (C=O) groups excluding carboxylic acids is 1. The van der Waals surface area contributed by atoms with Gasteiger partial charge in [0.2, 0.25) is 5.88 Å². The molecular formula is C26H25FN2O6. The minimum absolute atomic E-state index is 0.0229. The first-order valence-electron chi connectivity index (χ1n) is 10.8. The molecule has 0 amide bonds. The van der Waals surface area contributed by atoms with Crippen LogP contribution in [0.25, 0.3) is 0 Å². The predicted molar refractivity (Wildman–Crippen MR) is 126 cm³/mol. The van der Waals surface area contributed by atoms with Gasteiger partial charge in [0.25, 0.3) is 5.56 Å². The lowest BCUT2D eigenvalue weighted by Crippen LogP contribution is -2.35. The van der Waals surface area contributed by atoms with Gasteiger partial charge in [0.1, 0.15) is 17.1 Å². The first-order valence-corrected chi connectivity index (χ1v) is 10.8. The van der Waals surface area contributed by atoms with Crippen molar-refractivity contribution < 1.29 is 28.1 Å². The summed E-state index contributed by atoms with van der Waals surface area (Å²) < 4.78 is 36.5. The Bertz CT molecular complexity index is 1380. The maximum absolute atomic E-state index is 13.9. The van der Waals surface area contributed by atoms with E-state index in [4.69, 9.17) is 24.7 Å². The monoisotopic (exact) mass is 480 g/mol. The molecule has 182 valence electrons. The number of halogens is 1. The second-order valence-electron chi connectivity index (χ2n) is 8.00. The number of aryl methyl sites for hydroxylation is 1. The molecule has 0 saturated carbocycles. The summed E-state index contributed by atoms with van der Waals surface area (Å²) in [4.78, 5) is 26.5. The van der Waals surface area contributed by atoms with E-state index >= 15 is 0 Å². The van der Waals surface area contributed by atoms with Gasteiger partial charge in [-0.3, -0.25) is 4.79 Å². The molecule has 1 atom stereocenters. The third-order valence-corrected chi connectivity index (χ3v) is 5.97. The largest absolute Gasteiger partial charge is 0.493 e. The summed E-state index contributed by atoms with van der Waals surface area (Å²) in [5.74, 6) is -0.938. The number of hydrogen-bond acceptors (Lipinski definition) is 7. The summed E-state index contributed by atoms with van der Waals surface area (Å²) in [6.07, 6.45) is 0. The van der Waals surface area contributed by atoms with E-state index in [-0.39, 0.29) is 34.9 Å². The number of nitrogens with zero attached hydrogens (tertiary/aromatic N) is 1. The van der Waals surface area contributed by atoms with Crippen LogP contribution >= 0.6 is 0 Å². The Hall–Kier alpha value is -4.27. The van der Waals surface area contributed by atoms with E-state index in [2.05, 4.69) is 0 Å². The van der Waals surface area contributed by atoms with Gasteiger partial charge in [-0.2, -0.15) is 0 Å². The molecule has 3 aromatic rings. The Kier molecular flexibility index (Phi) is 6.50. The molecule has 2 heterocycles. The number of esters is 1. The molecular weight excluding hydrogens is 455 g/mol. The fourth-order valence-corrected chi connectivity index (χ4v) is 4.24. The lowest BCUT2D eigenvalue weighted by Gasteiger charge is -2.29. The Labute approximate surface area is 201 Å². The molecule has 1 aliphatic heterocycles. The molecule has 1 aliphatic rings. The van der Waals surface area contributed by atoms with Crippen LogP contribution in [0, 0.1) is 12.7 Å². The topological polar surface area (TPSA) is 102 Å². The van der Waals surface area contributed by atoms with Crippen LogP contribution in [0.2, 0.25) is 0 Å². The van der Waals surface area contributed by atoms with Crippen LogP contribution in [0.1, 0.15) is 28.3 Å². The normalized spacial score (nSPS) is 14.7. The van der Waals surface area contributed by atoms with Crippen molar-refractivity contribution in [1.29, 1.82) is 0 Å². The van der Waals surface area contributed by atoms with Crippen molar-refractivity contribution in [3.8, 4) is 17.2 Å². The molecule has 9 heteroatoms. The molecule has 4 rings (SSSR count). The van der Waals surface area contributed by atoms with Crippen LogP contribution < -0.4 is 25.5 Å². The molecule has 8 nitrogen and oxygen atoms in total. The number of ether oxygens (including phenoxy) is 4. The van der Waals surface area contributed by atoms with Crippen molar-refractivity contribution >= 4 is 5.97 Å². The van der Waals surface area contributed by atoms with Crippen LogP contribution in [-0.2, 0) is 16.1 Å². The summed E-state index contributed by atoms with van der Waals surface area (Å²) in [5.41, 5.74) is 7.82.